The number of carbonyl (C=O) groups excluding carboxylic acids is 1. The van der Waals surface area contributed by atoms with Gasteiger partial charge < -0.3 is 10.3 Å². The van der Waals surface area contributed by atoms with Crippen molar-refractivity contribution in [2.75, 3.05) is 0 Å². The number of rotatable bonds is 4. The van der Waals surface area contributed by atoms with Crippen molar-refractivity contribution in [2.24, 2.45) is 0 Å². The molecule has 0 saturated carbocycles. The lowest BCUT2D eigenvalue weighted by molar-refractivity contribution is 0.0939. The molecule has 0 bridgehead atoms. The van der Waals surface area contributed by atoms with E-state index in [1.54, 1.807) is 11.3 Å². The topological polar surface area (TPSA) is 62.0 Å². The molecular formula is C13H14N2O2S. The predicted octanol–water partition coefficient (Wildman–Crippen LogP) is 1.80. The zero-order chi connectivity index (χ0) is 13.0. The minimum absolute atomic E-state index is 0.0547. The van der Waals surface area contributed by atoms with E-state index in [0.29, 0.717) is 5.56 Å². The second-order valence-electron chi connectivity index (χ2n) is 4.15. The number of H-pyrrole nitrogens is 1. The van der Waals surface area contributed by atoms with E-state index in [4.69, 9.17) is 0 Å². The Morgan fingerprint density at radius 1 is 1.44 bits per heavy atom. The highest BCUT2D eigenvalue weighted by Crippen LogP contribution is 2.08. The summed E-state index contributed by atoms with van der Waals surface area (Å²) in [4.78, 5) is 25.2. The van der Waals surface area contributed by atoms with Gasteiger partial charge in [-0.2, -0.15) is 11.3 Å². The Kier molecular flexibility index (Phi) is 3.94. The summed E-state index contributed by atoms with van der Waals surface area (Å²) < 4.78 is 0. The van der Waals surface area contributed by atoms with Gasteiger partial charge >= 0.3 is 0 Å². The summed E-state index contributed by atoms with van der Waals surface area (Å²) in [6.45, 7) is 1.96. The second-order valence-corrected chi connectivity index (χ2v) is 4.93. The van der Waals surface area contributed by atoms with Crippen LogP contribution >= 0.6 is 11.3 Å². The van der Waals surface area contributed by atoms with E-state index in [1.165, 1.54) is 23.9 Å². The Bertz CT molecular complexity index is 554. The maximum atomic E-state index is 11.9. The average molecular weight is 262 g/mol. The molecule has 18 heavy (non-hydrogen) atoms. The first-order chi connectivity index (χ1) is 8.65. The molecule has 0 radical (unpaired) electrons. The monoisotopic (exact) mass is 262 g/mol. The molecule has 0 spiro atoms. The third kappa shape index (κ3) is 3.30. The van der Waals surface area contributed by atoms with E-state index in [0.717, 1.165) is 6.42 Å². The summed E-state index contributed by atoms with van der Waals surface area (Å²) in [5, 5.41) is 6.99. The average Bonchev–Trinajstić information content (AvgIpc) is 2.82. The van der Waals surface area contributed by atoms with Gasteiger partial charge in [0, 0.05) is 18.3 Å². The summed E-state index contributed by atoms with van der Waals surface area (Å²) in [5.41, 5.74) is 1.47. The van der Waals surface area contributed by atoms with Crippen molar-refractivity contribution in [2.45, 2.75) is 19.4 Å². The lowest BCUT2D eigenvalue weighted by atomic mass is 10.1. The Balaban J connectivity index is 1.94. The van der Waals surface area contributed by atoms with E-state index in [2.05, 4.69) is 15.7 Å². The number of hydrogen-bond donors (Lipinski definition) is 2. The predicted molar refractivity (Wildman–Crippen MR) is 72.0 cm³/mol. The van der Waals surface area contributed by atoms with Crippen molar-refractivity contribution in [3.63, 3.8) is 0 Å². The van der Waals surface area contributed by atoms with Gasteiger partial charge in [0.05, 0.1) is 5.56 Å². The maximum Gasteiger partial charge on any atom is 0.252 e. The lowest BCUT2D eigenvalue weighted by Gasteiger charge is -2.12. The molecule has 0 fully saturated rings. The smallest absolute Gasteiger partial charge is 0.252 e. The fraction of sp³-hybridized carbons (Fsp3) is 0.231. The Morgan fingerprint density at radius 3 is 2.89 bits per heavy atom. The van der Waals surface area contributed by atoms with Crippen LogP contribution in [0.5, 0.6) is 0 Å². The van der Waals surface area contributed by atoms with Gasteiger partial charge in [-0.3, -0.25) is 9.59 Å². The molecule has 1 atom stereocenters. The minimum Gasteiger partial charge on any atom is -0.349 e. The zero-order valence-corrected chi connectivity index (χ0v) is 10.8. The van der Waals surface area contributed by atoms with Crippen molar-refractivity contribution >= 4 is 17.2 Å². The van der Waals surface area contributed by atoms with Gasteiger partial charge in [0.1, 0.15) is 0 Å². The molecule has 0 saturated heterocycles. The van der Waals surface area contributed by atoms with Gasteiger partial charge in [-0.05, 0) is 41.8 Å². The molecule has 0 aliphatic carbocycles. The second kappa shape index (κ2) is 5.64. The van der Waals surface area contributed by atoms with Crippen LogP contribution in [0.1, 0.15) is 22.8 Å². The summed E-state index contributed by atoms with van der Waals surface area (Å²) in [5.74, 6) is -0.172. The highest BCUT2D eigenvalue weighted by atomic mass is 32.1. The molecule has 2 N–H and O–H groups in total. The summed E-state index contributed by atoms with van der Waals surface area (Å²) in [6.07, 6.45) is 2.23. The molecule has 2 rings (SSSR count). The molecular weight excluding hydrogens is 248 g/mol. The largest absolute Gasteiger partial charge is 0.349 e. The number of nitrogens with one attached hydrogen (secondary N) is 2. The maximum absolute atomic E-state index is 11.9. The number of carbonyl (C=O) groups is 1. The number of pyridine rings is 1. The van der Waals surface area contributed by atoms with Gasteiger partial charge in [-0.25, -0.2) is 0 Å². The van der Waals surface area contributed by atoms with Gasteiger partial charge in [-0.15, -0.1) is 0 Å². The van der Waals surface area contributed by atoms with Crippen LogP contribution < -0.4 is 10.9 Å². The van der Waals surface area contributed by atoms with Crippen LogP contribution in [0.15, 0.2) is 40.0 Å². The summed E-state index contributed by atoms with van der Waals surface area (Å²) >= 11 is 1.65. The fourth-order valence-electron chi connectivity index (χ4n) is 1.67. The van der Waals surface area contributed by atoms with Crippen molar-refractivity contribution in [1.29, 1.82) is 0 Å². The zero-order valence-electron chi connectivity index (χ0n) is 9.97. The van der Waals surface area contributed by atoms with Crippen molar-refractivity contribution in [3.05, 3.63) is 56.6 Å². The molecule has 5 heteroatoms. The van der Waals surface area contributed by atoms with Crippen molar-refractivity contribution < 1.29 is 4.79 Å². The Labute approximate surface area is 109 Å². The van der Waals surface area contributed by atoms with E-state index in [-0.39, 0.29) is 17.5 Å². The first-order valence-electron chi connectivity index (χ1n) is 5.66. The number of hydrogen-bond acceptors (Lipinski definition) is 3. The van der Waals surface area contributed by atoms with Crippen molar-refractivity contribution in [1.82, 2.24) is 10.3 Å². The first kappa shape index (κ1) is 12.6. The Morgan fingerprint density at radius 2 is 2.28 bits per heavy atom. The molecule has 94 valence electrons. The number of thiophene rings is 1. The highest BCUT2D eigenvalue weighted by Gasteiger charge is 2.10. The van der Waals surface area contributed by atoms with E-state index in [9.17, 15) is 9.59 Å². The van der Waals surface area contributed by atoms with E-state index in [1.807, 2.05) is 18.4 Å². The Hall–Kier alpha value is -1.88. The summed E-state index contributed by atoms with van der Waals surface area (Å²) in [6, 6.07) is 4.97. The molecule has 1 amide bonds. The SMILES string of the molecule is C[C@@H](Cc1ccsc1)NC(=O)c1ccc(=O)[nH]c1. The molecule has 2 heterocycles. The number of amides is 1. The number of aromatic amines is 1. The van der Waals surface area contributed by atoms with Crippen LogP contribution in [0.4, 0.5) is 0 Å². The molecule has 4 nitrogen and oxygen atoms in total. The van der Waals surface area contributed by atoms with Crippen LogP contribution in [0, 0.1) is 0 Å². The quantitative estimate of drug-likeness (QED) is 0.882. The lowest BCUT2D eigenvalue weighted by Crippen LogP contribution is -2.34. The molecule has 0 aliphatic rings. The molecule has 2 aromatic heterocycles. The molecule has 0 aromatic carbocycles. The highest BCUT2D eigenvalue weighted by molar-refractivity contribution is 7.07. The third-order valence-corrected chi connectivity index (χ3v) is 3.28. The first-order valence-corrected chi connectivity index (χ1v) is 6.60. The van der Waals surface area contributed by atoms with Gasteiger partial charge in [-0.1, -0.05) is 0 Å². The van der Waals surface area contributed by atoms with Gasteiger partial charge in [0.25, 0.3) is 5.91 Å². The van der Waals surface area contributed by atoms with Crippen LogP contribution in [-0.4, -0.2) is 16.9 Å². The van der Waals surface area contributed by atoms with Gasteiger partial charge in [0.15, 0.2) is 0 Å². The van der Waals surface area contributed by atoms with Gasteiger partial charge in [0.2, 0.25) is 5.56 Å². The van der Waals surface area contributed by atoms with E-state index < -0.39 is 0 Å². The van der Waals surface area contributed by atoms with E-state index >= 15 is 0 Å². The summed E-state index contributed by atoms with van der Waals surface area (Å²) in [7, 11) is 0. The molecule has 0 unspecified atom stereocenters. The van der Waals surface area contributed by atoms with Crippen LogP contribution in [0.3, 0.4) is 0 Å². The number of aromatic nitrogens is 1. The standard InChI is InChI=1S/C13H14N2O2S/c1-9(6-10-4-5-18-8-10)15-13(17)11-2-3-12(16)14-7-11/h2-5,7-9H,6H2,1H3,(H,14,16)(H,15,17)/t9-/m0/s1. The van der Waals surface area contributed by atoms with Crippen LogP contribution in [0.25, 0.3) is 0 Å². The van der Waals surface area contributed by atoms with Crippen LogP contribution in [-0.2, 0) is 6.42 Å². The van der Waals surface area contributed by atoms with Crippen molar-refractivity contribution in [3.8, 4) is 0 Å². The molecule has 2 aromatic rings. The minimum atomic E-state index is -0.210. The fourth-order valence-corrected chi connectivity index (χ4v) is 2.35. The molecule has 0 aliphatic heterocycles. The normalized spacial score (nSPS) is 12.1. The third-order valence-electron chi connectivity index (χ3n) is 2.55. The van der Waals surface area contributed by atoms with Crippen LogP contribution in [0.2, 0.25) is 0 Å².